The number of hydrogen-bond acceptors (Lipinski definition) is 3. The molecule has 0 unspecified atom stereocenters. The predicted octanol–water partition coefficient (Wildman–Crippen LogP) is 4.72. The molecule has 4 heteroatoms. The van der Waals surface area contributed by atoms with Crippen molar-refractivity contribution in [3.05, 3.63) is 54.1 Å². The number of hydrogen-bond donors (Lipinski definition) is 1. The number of unbranched alkanes of at least 4 members (excludes halogenated alkanes) is 1. The van der Waals surface area contributed by atoms with E-state index >= 15 is 0 Å². The van der Waals surface area contributed by atoms with Crippen LogP contribution in [0.15, 0.2) is 48.5 Å². The maximum absolute atomic E-state index is 12.4. The van der Waals surface area contributed by atoms with Gasteiger partial charge in [-0.05, 0) is 67.8 Å². The smallest absolute Gasteiger partial charge is 0.255 e. The highest BCUT2D eigenvalue weighted by molar-refractivity contribution is 6.04. The van der Waals surface area contributed by atoms with Crippen molar-refractivity contribution in [2.45, 2.75) is 32.6 Å². The van der Waals surface area contributed by atoms with E-state index in [0.29, 0.717) is 12.2 Å². The Bertz CT molecular complexity index is 674. The highest BCUT2D eigenvalue weighted by atomic mass is 16.5. The number of anilines is 2. The van der Waals surface area contributed by atoms with Crippen molar-refractivity contribution in [1.82, 2.24) is 0 Å². The van der Waals surface area contributed by atoms with Gasteiger partial charge in [0.1, 0.15) is 5.75 Å². The number of nitrogens with zero attached hydrogens (tertiary/aromatic N) is 1. The van der Waals surface area contributed by atoms with E-state index in [4.69, 9.17) is 4.74 Å². The van der Waals surface area contributed by atoms with E-state index < -0.39 is 0 Å². The second-order valence-electron chi connectivity index (χ2n) is 6.42. The van der Waals surface area contributed by atoms with Crippen molar-refractivity contribution < 1.29 is 9.53 Å². The van der Waals surface area contributed by atoms with Crippen LogP contribution in [0.2, 0.25) is 0 Å². The Labute approximate surface area is 149 Å². The summed E-state index contributed by atoms with van der Waals surface area (Å²) in [5.74, 6) is 0.703. The average molecular weight is 338 g/mol. The van der Waals surface area contributed by atoms with Gasteiger partial charge >= 0.3 is 0 Å². The minimum absolute atomic E-state index is 0.103. The van der Waals surface area contributed by atoms with Crippen LogP contribution in [0.1, 0.15) is 43.0 Å². The van der Waals surface area contributed by atoms with Crippen LogP contribution in [0.3, 0.4) is 0 Å². The third kappa shape index (κ3) is 4.75. The summed E-state index contributed by atoms with van der Waals surface area (Å²) in [4.78, 5) is 14.7. The zero-order valence-corrected chi connectivity index (χ0v) is 14.8. The molecule has 1 aliphatic rings. The van der Waals surface area contributed by atoms with Crippen LogP contribution in [0.25, 0.3) is 0 Å². The van der Waals surface area contributed by atoms with E-state index in [2.05, 4.69) is 29.3 Å². The van der Waals surface area contributed by atoms with Crippen molar-refractivity contribution >= 4 is 17.3 Å². The van der Waals surface area contributed by atoms with Crippen molar-refractivity contribution in [1.29, 1.82) is 0 Å². The van der Waals surface area contributed by atoms with Gasteiger partial charge in [-0.3, -0.25) is 4.79 Å². The monoisotopic (exact) mass is 338 g/mol. The lowest BCUT2D eigenvalue weighted by Crippen LogP contribution is -2.17. The van der Waals surface area contributed by atoms with Crippen LogP contribution >= 0.6 is 0 Å². The largest absolute Gasteiger partial charge is 0.494 e. The molecule has 0 saturated carbocycles. The van der Waals surface area contributed by atoms with Crippen LogP contribution in [-0.4, -0.2) is 25.6 Å². The normalized spacial score (nSPS) is 13.7. The second-order valence-corrected chi connectivity index (χ2v) is 6.42. The van der Waals surface area contributed by atoms with E-state index in [1.165, 1.54) is 18.5 Å². The van der Waals surface area contributed by atoms with Crippen molar-refractivity contribution in [3.63, 3.8) is 0 Å². The SMILES string of the molecule is CCCCOc1ccc(C(=O)Nc2ccc(N3CCCC3)cc2)cc1. The van der Waals surface area contributed by atoms with Crippen LogP contribution in [0.4, 0.5) is 11.4 Å². The first-order chi connectivity index (χ1) is 12.3. The molecule has 25 heavy (non-hydrogen) atoms. The first kappa shape index (κ1) is 17.3. The number of rotatable bonds is 7. The molecule has 1 fully saturated rings. The van der Waals surface area contributed by atoms with E-state index in [1.807, 2.05) is 24.3 Å². The van der Waals surface area contributed by atoms with Gasteiger partial charge in [0.05, 0.1) is 6.61 Å². The molecule has 0 atom stereocenters. The Hall–Kier alpha value is -2.49. The van der Waals surface area contributed by atoms with Crippen molar-refractivity contribution in [3.8, 4) is 5.75 Å². The van der Waals surface area contributed by atoms with Gasteiger partial charge in [-0.15, -0.1) is 0 Å². The Kier molecular flexibility index (Phi) is 5.94. The third-order valence-electron chi connectivity index (χ3n) is 4.48. The molecule has 2 aromatic rings. The number of benzene rings is 2. The molecular weight excluding hydrogens is 312 g/mol. The van der Waals surface area contributed by atoms with Gasteiger partial charge in [0.25, 0.3) is 5.91 Å². The first-order valence-electron chi connectivity index (χ1n) is 9.15. The average Bonchev–Trinajstić information content (AvgIpc) is 3.18. The molecular formula is C21H26N2O2. The lowest BCUT2D eigenvalue weighted by Gasteiger charge is -2.17. The van der Waals surface area contributed by atoms with Gasteiger partial charge in [-0.2, -0.15) is 0 Å². The lowest BCUT2D eigenvalue weighted by atomic mass is 10.2. The first-order valence-corrected chi connectivity index (χ1v) is 9.15. The summed E-state index contributed by atoms with van der Waals surface area (Å²) < 4.78 is 5.62. The highest BCUT2D eigenvalue weighted by Gasteiger charge is 2.12. The van der Waals surface area contributed by atoms with Gasteiger partial charge < -0.3 is 15.0 Å². The molecule has 0 spiro atoms. The van der Waals surface area contributed by atoms with Crippen molar-refractivity contribution in [2.75, 3.05) is 29.9 Å². The number of carbonyl (C=O) groups excluding carboxylic acids is 1. The molecule has 3 rings (SSSR count). The third-order valence-corrected chi connectivity index (χ3v) is 4.48. The van der Waals surface area contributed by atoms with Gasteiger partial charge in [0.15, 0.2) is 0 Å². The Morgan fingerprint density at radius 2 is 1.72 bits per heavy atom. The zero-order valence-electron chi connectivity index (χ0n) is 14.8. The number of amides is 1. The number of nitrogens with one attached hydrogen (secondary N) is 1. The Morgan fingerprint density at radius 3 is 2.36 bits per heavy atom. The highest BCUT2D eigenvalue weighted by Crippen LogP contribution is 2.22. The second kappa shape index (κ2) is 8.56. The van der Waals surface area contributed by atoms with Crippen LogP contribution < -0.4 is 15.0 Å². The van der Waals surface area contributed by atoms with Gasteiger partial charge in [-0.25, -0.2) is 0 Å². The van der Waals surface area contributed by atoms with E-state index in [9.17, 15) is 4.79 Å². The molecule has 1 amide bonds. The van der Waals surface area contributed by atoms with Gasteiger partial charge in [0, 0.05) is 30.0 Å². The molecule has 4 nitrogen and oxygen atoms in total. The molecule has 0 radical (unpaired) electrons. The van der Waals surface area contributed by atoms with Crippen LogP contribution in [0, 0.1) is 0 Å². The molecule has 1 heterocycles. The van der Waals surface area contributed by atoms with Gasteiger partial charge in [0.2, 0.25) is 0 Å². The molecule has 0 aliphatic carbocycles. The van der Waals surface area contributed by atoms with Crippen molar-refractivity contribution in [2.24, 2.45) is 0 Å². The number of ether oxygens (including phenoxy) is 1. The maximum Gasteiger partial charge on any atom is 0.255 e. The minimum atomic E-state index is -0.103. The summed E-state index contributed by atoms with van der Waals surface area (Å²) in [6.07, 6.45) is 4.67. The standard InChI is InChI=1S/C21H26N2O2/c1-2-3-16-25-20-12-6-17(7-13-20)21(24)22-18-8-10-19(11-9-18)23-14-4-5-15-23/h6-13H,2-5,14-16H2,1H3,(H,22,24). The molecule has 1 N–H and O–H groups in total. The Morgan fingerprint density at radius 1 is 1.04 bits per heavy atom. The van der Waals surface area contributed by atoms with E-state index in [0.717, 1.165) is 37.4 Å². The Balaban J connectivity index is 1.56. The molecule has 2 aromatic carbocycles. The van der Waals surface area contributed by atoms with E-state index in [1.54, 1.807) is 12.1 Å². The lowest BCUT2D eigenvalue weighted by molar-refractivity contribution is 0.102. The maximum atomic E-state index is 12.4. The topological polar surface area (TPSA) is 41.6 Å². The molecule has 1 saturated heterocycles. The van der Waals surface area contributed by atoms with Gasteiger partial charge in [-0.1, -0.05) is 13.3 Å². The molecule has 132 valence electrons. The minimum Gasteiger partial charge on any atom is -0.494 e. The summed E-state index contributed by atoms with van der Waals surface area (Å²) in [7, 11) is 0. The van der Waals surface area contributed by atoms with Crippen LogP contribution in [-0.2, 0) is 0 Å². The summed E-state index contributed by atoms with van der Waals surface area (Å²) in [6, 6.07) is 15.4. The van der Waals surface area contributed by atoms with Crippen LogP contribution in [0.5, 0.6) is 5.75 Å². The quantitative estimate of drug-likeness (QED) is 0.743. The molecule has 1 aliphatic heterocycles. The summed E-state index contributed by atoms with van der Waals surface area (Å²) in [5, 5.41) is 2.95. The number of carbonyl (C=O) groups is 1. The molecule has 0 aromatic heterocycles. The summed E-state index contributed by atoms with van der Waals surface area (Å²) in [5.41, 5.74) is 2.67. The van der Waals surface area contributed by atoms with E-state index in [-0.39, 0.29) is 5.91 Å². The fourth-order valence-corrected chi connectivity index (χ4v) is 2.97. The summed E-state index contributed by atoms with van der Waals surface area (Å²) >= 11 is 0. The summed E-state index contributed by atoms with van der Waals surface area (Å²) in [6.45, 7) is 5.09. The fraction of sp³-hybridized carbons (Fsp3) is 0.381. The zero-order chi connectivity index (χ0) is 17.5. The molecule has 0 bridgehead atoms. The predicted molar refractivity (Wildman–Crippen MR) is 103 cm³/mol. The fourth-order valence-electron chi connectivity index (χ4n) is 2.97.